The monoisotopic (exact) mass is 382 g/mol. The summed E-state index contributed by atoms with van der Waals surface area (Å²) in [4.78, 5) is 18.2. The molecule has 0 saturated carbocycles. The average molecular weight is 383 g/mol. The van der Waals surface area contributed by atoms with Crippen molar-refractivity contribution in [1.29, 1.82) is 0 Å². The van der Waals surface area contributed by atoms with E-state index in [1.54, 1.807) is 24.9 Å². The van der Waals surface area contributed by atoms with Gasteiger partial charge in [0.25, 0.3) is 5.91 Å². The fourth-order valence-electron chi connectivity index (χ4n) is 2.51. The van der Waals surface area contributed by atoms with Gasteiger partial charge in [0.05, 0.1) is 18.3 Å². The zero-order valence-electron chi connectivity index (χ0n) is 15.6. The smallest absolute Gasteiger partial charge is 0.267 e. The molecule has 1 heterocycles. The van der Waals surface area contributed by atoms with E-state index < -0.39 is 6.10 Å². The number of carbonyl (C=O) groups excluding carboxylic acids is 1. The Hall–Kier alpha value is -1.80. The van der Waals surface area contributed by atoms with E-state index in [9.17, 15) is 9.18 Å². The maximum Gasteiger partial charge on any atom is 0.267 e. The highest BCUT2D eigenvalue weighted by Gasteiger charge is 2.27. The number of amides is 1. The van der Waals surface area contributed by atoms with Gasteiger partial charge in [0.1, 0.15) is 23.5 Å². The zero-order chi connectivity index (χ0) is 19.3. The second kappa shape index (κ2) is 9.23. The van der Waals surface area contributed by atoms with Crippen molar-refractivity contribution in [3.8, 4) is 0 Å². The molecule has 1 amide bonds. The van der Waals surface area contributed by atoms with Crippen molar-refractivity contribution in [2.45, 2.75) is 45.1 Å². The molecule has 2 unspecified atom stereocenters. The molecule has 3 N–H and O–H groups in total. The quantitative estimate of drug-likeness (QED) is 0.658. The van der Waals surface area contributed by atoms with Crippen LogP contribution in [0.25, 0.3) is 0 Å². The van der Waals surface area contributed by atoms with E-state index in [0.717, 1.165) is 11.5 Å². The maximum absolute atomic E-state index is 13.5. The predicted molar refractivity (Wildman–Crippen MR) is 105 cm³/mol. The van der Waals surface area contributed by atoms with Crippen molar-refractivity contribution in [2.24, 2.45) is 10.7 Å². The van der Waals surface area contributed by atoms with Gasteiger partial charge in [-0.15, -0.1) is 0 Å². The Morgan fingerprint density at radius 1 is 1.54 bits per heavy atom. The third kappa shape index (κ3) is 5.60. The lowest BCUT2D eigenvalue weighted by Crippen LogP contribution is -2.47. The Balaban J connectivity index is 1.97. The number of nitrogens with two attached hydrogens (primary N) is 1. The van der Waals surface area contributed by atoms with Crippen LogP contribution in [0.1, 0.15) is 20.8 Å². The van der Waals surface area contributed by atoms with E-state index in [1.165, 1.54) is 18.4 Å². The fourth-order valence-corrected chi connectivity index (χ4v) is 3.40. The number of nitrogens with one attached hydrogen (secondary N) is 1. The molecule has 2 atom stereocenters. The zero-order valence-corrected chi connectivity index (χ0v) is 16.4. The SMILES string of the molecule is CC(=N/C=C(/N)NC1C=CC(F)=CC1OC(C)C)C(=O)N(C)C1CSC1. The molecule has 0 spiro atoms. The van der Waals surface area contributed by atoms with Crippen molar-refractivity contribution >= 4 is 23.4 Å². The molecule has 0 radical (unpaired) electrons. The normalized spacial score (nSPS) is 24.3. The van der Waals surface area contributed by atoms with Gasteiger partial charge in [0, 0.05) is 24.6 Å². The lowest BCUT2D eigenvalue weighted by Gasteiger charge is -2.34. The van der Waals surface area contributed by atoms with E-state index >= 15 is 0 Å². The Labute approximate surface area is 158 Å². The van der Waals surface area contributed by atoms with Gasteiger partial charge < -0.3 is 20.7 Å². The number of aliphatic imine (C=N–C) groups is 1. The summed E-state index contributed by atoms with van der Waals surface area (Å²) in [6, 6.07) is -0.0332. The highest BCUT2D eigenvalue weighted by molar-refractivity contribution is 8.00. The predicted octanol–water partition coefficient (Wildman–Crippen LogP) is 1.95. The molecule has 0 aromatic heterocycles. The molecular formula is C18H27FN4O2S. The molecule has 26 heavy (non-hydrogen) atoms. The lowest BCUT2D eigenvalue weighted by atomic mass is 10.0. The standard InChI is InChI=1S/C18H27FN4O2S/c1-11(2)25-16-7-13(19)5-6-15(16)22-17(20)8-21-12(3)18(24)23(4)14-9-26-10-14/h5-8,11,14-16,22H,9-10,20H2,1-4H3/b17-8-,21-12?. The number of thioether (sulfide) groups is 1. The first-order chi connectivity index (χ1) is 12.3. The van der Waals surface area contributed by atoms with Crippen LogP contribution in [0.15, 0.2) is 41.1 Å². The number of carbonyl (C=O) groups is 1. The van der Waals surface area contributed by atoms with E-state index in [1.807, 2.05) is 25.6 Å². The summed E-state index contributed by atoms with van der Waals surface area (Å²) in [7, 11) is 1.79. The van der Waals surface area contributed by atoms with Gasteiger partial charge in [0.2, 0.25) is 0 Å². The van der Waals surface area contributed by atoms with Crippen molar-refractivity contribution in [1.82, 2.24) is 10.2 Å². The summed E-state index contributed by atoms with van der Waals surface area (Å²) >= 11 is 1.82. The molecule has 6 nitrogen and oxygen atoms in total. The van der Waals surface area contributed by atoms with Gasteiger partial charge in [-0.1, -0.05) is 6.08 Å². The second-order valence-electron chi connectivity index (χ2n) is 6.64. The number of allylic oxidation sites excluding steroid dienone is 2. The number of hydrogen-bond acceptors (Lipinski definition) is 6. The van der Waals surface area contributed by atoms with Crippen LogP contribution in [-0.4, -0.2) is 59.4 Å². The number of hydrogen-bond donors (Lipinski definition) is 2. The summed E-state index contributed by atoms with van der Waals surface area (Å²) in [5.74, 6) is 1.76. The third-order valence-corrected chi connectivity index (χ3v) is 5.34. The molecule has 8 heteroatoms. The van der Waals surface area contributed by atoms with Gasteiger partial charge in [-0.2, -0.15) is 11.8 Å². The number of ether oxygens (including phenoxy) is 1. The first-order valence-corrected chi connectivity index (χ1v) is 9.76. The molecule has 144 valence electrons. The first kappa shape index (κ1) is 20.5. The minimum atomic E-state index is -0.471. The van der Waals surface area contributed by atoms with E-state index in [4.69, 9.17) is 10.5 Å². The third-order valence-electron chi connectivity index (χ3n) is 4.10. The summed E-state index contributed by atoms with van der Waals surface area (Å²) in [6.45, 7) is 5.44. The average Bonchev–Trinajstić information content (AvgIpc) is 2.52. The van der Waals surface area contributed by atoms with Crippen molar-refractivity contribution in [3.63, 3.8) is 0 Å². The van der Waals surface area contributed by atoms with Crippen LogP contribution in [0.5, 0.6) is 0 Å². The number of rotatable bonds is 7. The van der Waals surface area contributed by atoms with Crippen LogP contribution >= 0.6 is 11.8 Å². The molecule has 2 aliphatic rings. The summed E-state index contributed by atoms with van der Waals surface area (Å²) in [6.07, 6.45) is 5.32. The highest BCUT2D eigenvalue weighted by Crippen LogP contribution is 2.22. The van der Waals surface area contributed by atoms with Gasteiger partial charge >= 0.3 is 0 Å². The Morgan fingerprint density at radius 2 is 2.23 bits per heavy atom. The highest BCUT2D eigenvalue weighted by atomic mass is 32.2. The van der Waals surface area contributed by atoms with Crippen LogP contribution in [0.3, 0.4) is 0 Å². The van der Waals surface area contributed by atoms with Gasteiger partial charge in [-0.25, -0.2) is 4.39 Å². The van der Waals surface area contributed by atoms with Gasteiger partial charge in [-0.3, -0.25) is 9.79 Å². The molecule has 2 rings (SSSR count). The molecule has 1 fully saturated rings. The van der Waals surface area contributed by atoms with Crippen LogP contribution in [0, 0.1) is 0 Å². The maximum atomic E-state index is 13.5. The number of halogens is 1. The molecule has 1 aliphatic carbocycles. The molecule has 1 saturated heterocycles. The van der Waals surface area contributed by atoms with E-state index in [2.05, 4.69) is 10.3 Å². The van der Waals surface area contributed by atoms with Gasteiger partial charge in [-0.05, 0) is 32.9 Å². The minimum absolute atomic E-state index is 0.0526. The van der Waals surface area contributed by atoms with Crippen molar-refractivity contribution < 1.29 is 13.9 Å². The molecular weight excluding hydrogens is 355 g/mol. The molecule has 0 bridgehead atoms. The Bertz CT molecular complexity index is 641. The molecule has 1 aliphatic heterocycles. The lowest BCUT2D eigenvalue weighted by molar-refractivity contribution is -0.124. The van der Waals surface area contributed by atoms with Crippen LogP contribution < -0.4 is 11.1 Å². The van der Waals surface area contributed by atoms with Crippen LogP contribution in [-0.2, 0) is 9.53 Å². The van der Waals surface area contributed by atoms with E-state index in [0.29, 0.717) is 5.71 Å². The largest absolute Gasteiger partial charge is 0.384 e. The van der Waals surface area contributed by atoms with Crippen LogP contribution in [0.4, 0.5) is 4.39 Å². The number of nitrogens with zero attached hydrogens (tertiary/aromatic N) is 2. The minimum Gasteiger partial charge on any atom is -0.384 e. The van der Waals surface area contributed by atoms with Crippen LogP contribution in [0.2, 0.25) is 0 Å². The Kier molecular flexibility index (Phi) is 7.28. The Morgan fingerprint density at radius 3 is 2.81 bits per heavy atom. The molecule has 0 aromatic rings. The first-order valence-electron chi connectivity index (χ1n) is 8.60. The topological polar surface area (TPSA) is 80.0 Å². The van der Waals surface area contributed by atoms with Gasteiger partial charge in [0.15, 0.2) is 0 Å². The second-order valence-corrected chi connectivity index (χ2v) is 7.71. The van der Waals surface area contributed by atoms with Crippen molar-refractivity contribution in [3.05, 3.63) is 36.1 Å². The summed E-state index contributed by atoms with van der Waals surface area (Å²) in [5.41, 5.74) is 6.33. The summed E-state index contributed by atoms with van der Waals surface area (Å²) < 4.78 is 19.2. The van der Waals surface area contributed by atoms with E-state index in [-0.39, 0.29) is 35.7 Å². The fraction of sp³-hybridized carbons (Fsp3) is 0.556. The summed E-state index contributed by atoms with van der Waals surface area (Å²) in [5, 5.41) is 3.04. The van der Waals surface area contributed by atoms with Crippen molar-refractivity contribution in [2.75, 3.05) is 18.6 Å². The molecule has 0 aromatic carbocycles.